The first-order valence-corrected chi connectivity index (χ1v) is 9.70. The molecule has 0 aliphatic heterocycles. The summed E-state index contributed by atoms with van der Waals surface area (Å²) in [7, 11) is 2.12. The summed E-state index contributed by atoms with van der Waals surface area (Å²) < 4.78 is 2.26. The zero-order chi connectivity index (χ0) is 18.1. The molecule has 0 saturated heterocycles. The molecule has 0 amide bonds. The maximum Gasteiger partial charge on any atom is 0.130 e. The summed E-state index contributed by atoms with van der Waals surface area (Å²) in [5, 5.41) is 3.32. The summed E-state index contributed by atoms with van der Waals surface area (Å²) in [6, 6.07) is 23.2. The van der Waals surface area contributed by atoms with Crippen LogP contribution in [0.1, 0.15) is 29.7 Å². The van der Waals surface area contributed by atoms with Crippen LogP contribution in [-0.4, -0.2) is 10.4 Å². The van der Waals surface area contributed by atoms with E-state index in [1.165, 1.54) is 32.6 Å². The van der Waals surface area contributed by atoms with Crippen molar-refractivity contribution in [3.8, 4) is 11.3 Å². The van der Waals surface area contributed by atoms with Gasteiger partial charge in [-0.3, -0.25) is 4.79 Å². The third-order valence-electron chi connectivity index (χ3n) is 4.92. The Hall–Kier alpha value is -2.65. The van der Waals surface area contributed by atoms with E-state index < -0.39 is 0 Å². The van der Waals surface area contributed by atoms with Crippen LogP contribution in [0.4, 0.5) is 0 Å². The second-order valence-electron chi connectivity index (χ2n) is 6.68. The molecule has 3 heteroatoms. The molecule has 0 aliphatic rings. The van der Waals surface area contributed by atoms with Gasteiger partial charge in [-0.2, -0.15) is 0 Å². The van der Waals surface area contributed by atoms with E-state index >= 15 is 0 Å². The second kappa shape index (κ2) is 6.93. The van der Waals surface area contributed by atoms with Crippen LogP contribution in [0.15, 0.2) is 72.1 Å². The van der Waals surface area contributed by atoms with Crippen LogP contribution >= 0.6 is 11.3 Å². The average Bonchev–Trinajstić information content (AvgIpc) is 3.28. The third kappa shape index (κ3) is 2.89. The molecule has 2 nitrogen and oxygen atoms in total. The Labute approximate surface area is 157 Å². The maximum atomic E-state index is 12.1. The minimum absolute atomic E-state index is 0.0776. The molecule has 0 fully saturated rings. The van der Waals surface area contributed by atoms with Crippen molar-refractivity contribution in [2.24, 2.45) is 7.05 Å². The number of aromatic nitrogens is 1. The molecule has 0 N–H and O–H groups in total. The molecule has 2 heterocycles. The molecule has 0 aliphatic carbocycles. The van der Waals surface area contributed by atoms with E-state index in [1.807, 2.05) is 6.07 Å². The fraction of sp³-hybridized carbons (Fsp3) is 0.174. The van der Waals surface area contributed by atoms with Crippen LogP contribution in [0, 0.1) is 0 Å². The minimum Gasteiger partial charge on any atom is -0.343 e. The van der Waals surface area contributed by atoms with Crippen molar-refractivity contribution in [1.82, 2.24) is 4.57 Å². The Bertz CT molecular complexity index is 1040. The highest BCUT2D eigenvalue weighted by molar-refractivity contribution is 7.10. The molecule has 1 atom stereocenters. The van der Waals surface area contributed by atoms with E-state index in [0.29, 0.717) is 6.42 Å². The Morgan fingerprint density at radius 3 is 2.42 bits per heavy atom. The van der Waals surface area contributed by atoms with Crippen molar-refractivity contribution in [3.05, 3.63) is 82.6 Å². The van der Waals surface area contributed by atoms with Gasteiger partial charge in [-0.15, -0.1) is 11.3 Å². The topological polar surface area (TPSA) is 22.0 Å². The second-order valence-corrected chi connectivity index (χ2v) is 7.66. The first-order chi connectivity index (χ1) is 12.7. The number of benzene rings is 2. The SMILES string of the molecule is CC(=O)CC(c1cccs1)c1c(-c2ccccc2)n(C)c2ccccc12. The van der Waals surface area contributed by atoms with Gasteiger partial charge in [0.25, 0.3) is 0 Å². The monoisotopic (exact) mass is 359 g/mol. The zero-order valence-corrected chi connectivity index (χ0v) is 15.8. The van der Waals surface area contributed by atoms with Gasteiger partial charge in [0.05, 0.1) is 5.69 Å². The molecule has 4 aromatic rings. The van der Waals surface area contributed by atoms with Crippen LogP contribution in [0.25, 0.3) is 22.2 Å². The van der Waals surface area contributed by atoms with E-state index in [9.17, 15) is 4.79 Å². The van der Waals surface area contributed by atoms with Gasteiger partial charge in [-0.25, -0.2) is 0 Å². The quantitative estimate of drug-likeness (QED) is 0.427. The van der Waals surface area contributed by atoms with Gasteiger partial charge < -0.3 is 4.57 Å². The highest BCUT2D eigenvalue weighted by atomic mass is 32.1. The Morgan fingerprint density at radius 2 is 1.73 bits per heavy atom. The van der Waals surface area contributed by atoms with Crippen molar-refractivity contribution in [3.63, 3.8) is 0 Å². The van der Waals surface area contributed by atoms with Crippen molar-refractivity contribution in [2.45, 2.75) is 19.3 Å². The number of carbonyl (C=O) groups excluding carboxylic acids is 1. The maximum absolute atomic E-state index is 12.1. The van der Waals surface area contributed by atoms with Gasteiger partial charge in [0.2, 0.25) is 0 Å². The fourth-order valence-electron chi connectivity index (χ4n) is 3.84. The molecule has 1 unspecified atom stereocenters. The predicted octanol–water partition coefficient (Wildman–Crippen LogP) is 6.02. The summed E-state index contributed by atoms with van der Waals surface area (Å²) >= 11 is 1.73. The van der Waals surface area contributed by atoms with Crippen molar-refractivity contribution < 1.29 is 4.79 Å². The number of thiophene rings is 1. The van der Waals surface area contributed by atoms with Gasteiger partial charge in [-0.05, 0) is 35.6 Å². The molecule has 0 saturated carbocycles. The fourth-order valence-corrected chi connectivity index (χ4v) is 4.68. The molecule has 2 aromatic carbocycles. The number of ketones is 1. The van der Waals surface area contributed by atoms with Gasteiger partial charge in [0, 0.05) is 35.2 Å². The van der Waals surface area contributed by atoms with E-state index in [1.54, 1.807) is 18.3 Å². The number of Topliss-reactive ketones (excluding diaryl/α,β-unsaturated/α-hetero) is 1. The lowest BCUT2D eigenvalue weighted by Gasteiger charge is -2.17. The Balaban J connectivity index is 2.05. The molecule has 4 rings (SSSR count). The lowest BCUT2D eigenvalue weighted by molar-refractivity contribution is -0.117. The number of nitrogens with zero attached hydrogens (tertiary/aromatic N) is 1. The number of carbonyl (C=O) groups is 1. The number of para-hydroxylation sites is 1. The van der Waals surface area contributed by atoms with Crippen LogP contribution in [0.3, 0.4) is 0 Å². The van der Waals surface area contributed by atoms with Crippen LogP contribution < -0.4 is 0 Å². The van der Waals surface area contributed by atoms with Gasteiger partial charge in [0.1, 0.15) is 5.78 Å². The number of aryl methyl sites for hydroxylation is 1. The largest absolute Gasteiger partial charge is 0.343 e. The highest BCUT2D eigenvalue weighted by Crippen LogP contribution is 2.43. The summed E-state index contributed by atoms with van der Waals surface area (Å²) in [6.45, 7) is 1.69. The normalized spacial score (nSPS) is 12.4. The van der Waals surface area contributed by atoms with Gasteiger partial charge in [-0.1, -0.05) is 54.6 Å². The lowest BCUT2D eigenvalue weighted by Crippen LogP contribution is -2.06. The van der Waals surface area contributed by atoms with Gasteiger partial charge >= 0.3 is 0 Å². The first kappa shape index (κ1) is 16.8. The van der Waals surface area contributed by atoms with Crippen molar-refractivity contribution >= 4 is 28.0 Å². The molecule has 26 heavy (non-hydrogen) atoms. The third-order valence-corrected chi connectivity index (χ3v) is 5.91. The summed E-state index contributed by atoms with van der Waals surface area (Å²) in [4.78, 5) is 13.4. The molecule has 0 radical (unpaired) electrons. The molecule has 2 aromatic heterocycles. The van der Waals surface area contributed by atoms with Crippen molar-refractivity contribution in [2.75, 3.05) is 0 Å². The standard InChI is InChI=1S/C23H21NOS/c1-16(25)15-19(21-13-8-14-26-21)22-18-11-6-7-12-20(18)24(2)23(22)17-9-4-3-5-10-17/h3-14,19H,15H2,1-2H3. The molecule has 0 bridgehead atoms. The zero-order valence-electron chi connectivity index (χ0n) is 15.0. The van der Waals surface area contributed by atoms with Crippen molar-refractivity contribution in [1.29, 1.82) is 0 Å². The first-order valence-electron chi connectivity index (χ1n) is 8.82. The predicted molar refractivity (Wildman–Crippen MR) is 110 cm³/mol. The molecule has 0 spiro atoms. The molecular weight excluding hydrogens is 338 g/mol. The summed E-state index contributed by atoms with van der Waals surface area (Å²) in [5.41, 5.74) is 4.84. The van der Waals surface area contributed by atoms with E-state index in [0.717, 1.165) is 0 Å². The number of hydrogen-bond acceptors (Lipinski definition) is 2. The van der Waals surface area contributed by atoms with Crippen LogP contribution in [-0.2, 0) is 11.8 Å². The minimum atomic E-state index is 0.0776. The van der Waals surface area contributed by atoms with E-state index in [2.05, 4.69) is 77.7 Å². The number of rotatable bonds is 5. The smallest absolute Gasteiger partial charge is 0.130 e. The van der Waals surface area contributed by atoms with Gasteiger partial charge in [0.15, 0.2) is 0 Å². The Kier molecular flexibility index (Phi) is 4.48. The van der Waals surface area contributed by atoms with Crippen LogP contribution in [0.2, 0.25) is 0 Å². The summed E-state index contributed by atoms with van der Waals surface area (Å²) in [6.07, 6.45) is 0.522. The highest BCUT2D eigenvalue weighted by Gasteiger charge is 2.26. The van der Waals surface area contributed by atoms with E-state index in [4.69, 9.17) is 0 Å². The number of fused-ring (bicyclic) bond motifs is 1. The summed E-state index contributed by atoms with van der Waals surface area (Å²) in [5.74, 6) is 0.296. The average molecular weight is 359 g/mol. The number of hydrogen-bond donors (Lipinski definition) is 0. The van der Waals surface area contributed by atoms with Crippen LogP contribution in [0.5, 0.6) is 0 Å². The molecule has 130 valence electrons. The lowest BCUT2D eigenvalue weighted by atomic mass is 9.88. The Morgan fingerprint density at radius 1 is 1.00 bits per heavy atom. The molecular formula is C23H21NOS. The van der Waals surface area contributed by atoms with E-state index in [-0.39, 0.29) is 11.7 Å².